The van der Waals surface area contributed by atoms with E-state index in [0.29, 0.717) is 11.5 Å². The van der Waals surface area contributed by atoms with Crippen molar-refractivity contribution in [3.8, 4) is 5.69 Å². The smallest absolute Gasteiger partial charge is 0.160 e. The molecule has 0 amide bonds. The SMILES string of the molecule is OCc1nnc(Nc2ccc3c(c2)ncn3-c2ccccc2)c2ccccc12. The second kappa shape index (κ2) is 6.75. The van der Waals surface area contributed by atoms with Gasteiger partial charge in [-0.1, -0.05) is 42.5 Å². The van der Waals surface area contributed by atoms with Gasteiger partial charge in [0.15, 0.2) is 5.82 Å². The van der Waals surface area contributed by atoms with E-state index in [9.17, 15) is 5.11 Å². The van der Waals surface area contributed by atoms with E-state index in [-0.39, 0.29) is 6.61 Å². The minimum absolute atomic E-state index is 0.142. The molecule has 0 radical (unpaired) electrons. The van der Waals surface area contributed by atoms with Gasteiger partial charge in [-0.25, -0.2) is 4.98 Å². The Hall–Kier alpha value is -3.77. The Morgan fingerprint density at radius 2 is 1.64 bits per heavy atom. The van der Waals surface area contributed by atoms with Crippen LogP contribution in [0, 0.1) is 0 Å². The third kappa shape index (κ3) is 2.76. The fourth-order valence-electron chi connectivity index (χ4n) is 3.39. The van der Waals surface area contributed by atoms with Gasteiger partial charge in [0.2, 0.25) is 0 Å². The molecule has 136 valence electrons. The zero-order valence-corrected chi connectivity index (χ0v) is 14.9. The number of benzene rings is 3. The lowest BCUT2D eigenvalue weighted by Gasteiger charge is -2.10. The minimum atomic E-state index is -0.142. The molecule has 0 unspecified atom stereocenters. The van der Waals surface area contributed by atoms with Crippen molar-refractivity contribution in [2.75, 3.05) is 5.32 Å². The van der Waals surface area contributed by atoms with E-state index >= 15 is 0 Å². The first-order valence-corrected chi connectivity index (χ1v) is 8.98. The van der Waals surface area contributed by atoms with Gasteiger partial charge in [-0.2, -0.15) is 5.10 Å². The Morgan fingerprint density at radius 1 is 0.857 bits per heavy atom. The van der Waals surface area contributed by atoms with Crippen molar-refractivity contribution in [3.63, 3.8) is 0 Å². The van der Waals surface area contributed by atoms with Crippen molar-refractivity contribution in [2.24, 2.45) is 0 Å². The number of para-hydroxylation sites is 1. The molecule has 0 saturated carbocycles. The van der Waals surface area contributed by atoms with E-state index in [0.717, 1.165) is 33.2 Å². The molecule has 0 spiro atoms. The molecule has 0 atom stereocenters. The van der Waals surface area contributed by atoms with Crippen molar-refractivity contribution in [2.45, 2.75) is 6.61 Å². The number of hydrogen-bond donors (Lipinski definition) is 2. The van der Waals surface area contributed by atoms with E-state index in [4.69, 9.17) is 0 Å². The lowest BCUT2D eigenvalue weighted by Crippen LogP contribution is -2.01. The Labute approximate surface area is 161 Å². The third-order valence-corrected chi connectivity index (χ3v) is 4.76. The number of rotatable bonds is 4. The summed E-state index contributed by atoms with van der Waals surface area (Å²) in [6.45, 7) is -0.142. The van der Waals surface area contributed by atoms with E-state index < -0.39 is 0 Å². The van der Waals surface area contributed by atoms with Crippen LogP contribution in [0.1, 0.15) is 5.69 Å². The average molecular weight is 367 g/mol. The molecule has 0 bridgehead atoms. The van der Waals surface area contributed by atoms with Gasteiger partial charge in [0.25, 0.3) is 0 Å². The van der Waals surface area contributed by atoms with Gasteiger partial charge in [0.1, 0.15) is 6.33 Å². The van der Waals surface area contributed by atoms with Crippen molar-refractivity contribution in [1.29, 1.82) is 0 Å². The van der Waals surface area contributed by atoms with Crippen LogP contribution in [-0.4, -0.2) is 24.9 Å². The number of fused-ring (bicyclic) bond motifs is 2. The number of hydrogen-bond acceptors (Lipinski definition) is 5. The molecule has 0 saturated heterocycles. The quantitative estimate of drug-likeness (QED) is 0.498. The highest BCUT2D eigenvalue weighted by molar-refractivity contribution is 5.95. The monoisotopic (exact) mass is 367 g/mol. The van der Waals surface area contributed by atoms with Crippen LogP contribution < -0.4 is 5.32 Å². The van der Waals surface area contributed by atoms with Gasteiger partial charge < -0.3 is 10.4 Å². The topological polar surface area (TPSA) is 75.9 Å². The molecule has 0 aliphatic heterocycles. The molecule has 28 heavy (non-hydrogen) atoms. The maximum atomic E-state index is 9.50. The van der Waals surface area contributed by atoms with Crippen LogP contribution >= 0.6 is 0 Å². The fraction of sp³-hybridized carbons (Fsp3) is 0.0455. The highest BCUT2D eigenvalue weighted by Gasteiger charge is 2.10. The van der Waals surface area contributed by atoms with E-state index in [1.54, 1.807) is 0 Å². The average Bonchev–Trinajstić information content (AvgIpc) is 3.18. The summed E-state index contributed by atoms with van der Waals surface area (Å²) in [7, 11) is 0. The summed E-state index contributed by atoms with van der Waals surface area (Å²) in [6.07, 6.45) is 1.83. The Kier molecular flexibility index (Phi) is 3.96. The number of aliphatic hydroxyl groups excluding tert-OH is 1. The summed E-state index contributed by atoms with van der Waals surface area (Å²) in [4.78, 5) is 4.54. The number of nitrogens with one attached hydrogen (secondary N) is 1. The van der Waals surface area contributed by atoms with Crippen LogP contribution in [0.2, 0.25) is 0 Å². The van der Waals surface area contributed by atoms with E-state index in [1.165, 1.54) is 0 Å². The first-order valence-electron chi connectivity index (χ1n) is 8.98. The number of aliphatic hydroxyl groups is 1. The molecule has 2 heterocycles. The third-order valence-electron chi connectivity index (χ3n) is 4.76. The van der Waals surface area contributed by atoms with Gasteiger partial charge in [-0.05, 0) is 30.3 Å². The van der Waals surface area contributed by atoms with Crippen LogP contribution in [0.15, 0.2) is 79.1 Å². The number of nitrogens with zero attached hydrogens (tertiary/aromatic N) is 4. The van der Waals surface area contributed by atoms with Crippen LogP contribution in [-0.2, 0) is 6.61 Å². The maximum absolute atomic E-state index is 9.50. The van der Waals surface area contributed by atoms with Crippen LogP contribution in [0.3, 0.4) is 0 Å². The number of aromatic nitrogens is 4. The van der Waals surface area contributed by atoms with Crippen LogP contribution in [0.25, 0.3) is 27.5 Å². The van der Waals surface area contributed by atoms with Gasteiger partial charge in [-0.15, -0.1) is 5.10 Å². The lowest BCUT2D eigenvalue weighted by molar-refractivity contribution is 0.277. The number of imidazole rings is 1. The summed E-state index contributed by atoms with van der Waals surface area (Å²) in [5, 5.41) is 23.0. The largest absolute Gasteiger partial charge is 0.390 e. The summed E-state index contributed by atoms with van der Waals surface area (Å²) >= 11 is 0. The summed E-state index contributed by atoms with van der Waals surface area (Å²) in [6, 6.07) is 23.9. The maximum Gasteiger partial charge on any atom is 0.160 e. The van der Waals surface area contributed by atoms with E-state index in [2.05, 4.69) is 37.2 Å². The zero-order valence-electron chi connectivity index (χ0n) is 14.9. The zero-order chi connectivity index (χ0) is 18.9. The predicted octanol–water partition coefficient (Wildman–Crippen LogP) is 4.20. The summed E-state index contributed by atoms with van der Waals surface area (Å²) < 4.78 is 2.06. The molecule has 2 aromatic heterocycles. The van der Waals surface area contributed by atoms with Crippen molar-refractivity contribution < 1.29 is 5.11 Å². The van der Waals surface area contributed by atoms with Crippen LogP contribution in [0.4, 0.5) is 11.5 Å². The fourth-order valence-corrected chi connectivity index (χ4v) is 3.39. The van der Waals surface area contributed by atoms with Gasteiger partial charge >= 0.3 is 0 Å². The lowest BCUT2D eigenvalue weighted by atomic mass is 10.1. The van der Waals surface area contributed by atoms with Gasteiger partial charge in [0.05, 0.1) is 23.3 Å². The molecule has 5 rings (SSSR count). The highest BCUT2D eigenvalue weighted by atomic mass is 16.3. The molecular formula is C22H17N5O. The van der Waals surface area contributed by atoms with Crippen LogP contribution in [0.5, 0.6) is 0 Å². The van der Waals surface area contributed by atoms with Gasteiger partial charge in [0, 0.05) is 22.1 Å². The summed E-state index contributed by atoms with van der Waals surface area (Å²) in [5.74, 6) is 0.648. The first kappa shape index (κ1) is 16.4. The number of anilines is 2. The summed E-state index contributed by atoms with van der Waals surface area (Å²) in [5.41, 5.74) is 4.43. The molecule has 0 aliphatic rings. The molecule has 0 fully saturated rings. The molecule has 0 aliphatic carbocycles. The second-order valence-corrected chi connectivity index (χ2v) is 6.48. The predicted molar refractivity (Wildman–Crippen MR) is 110 cm³/mol. The molecule has 5 aromatic rings. The second-order valence-electron chi connectivity index (χ2n) is 6.48. The van der Waals surface area contributed by atoms with Crippen molar-refractivity contribution in [3.05, 3.63) is 84.8 Å². The Bertz CT molecular complexity index is 1280. The highest BCUT2D eigenvalue weighted by Crippen LogP contribution is 2.27. The molecule has 2 N–H and O–H groups in total. The molecule has 6 heteroatoms. The normalized spacial score (nSPS) is 11.2. The van der Waals surface area contributed by atoms with Gasteiger partial charge in [-0.3, -0.25) is 4.57 Å². The molecular weight excluding hydrogens is 350 g/mol. The molecule has 6 nitrogen and oxygen atoms in total. The first-order chi connectivity index (χ1) is 13.8. The Balaban J connectivity index is 1.54. The van der Waals surface area contributed by atoms with E-state index in [1.807, 2.05) is 67.0 Å². The van der Waals surface area contributed by atoms with Crippen molar-refractivity contribution >= 4 is 33.3 Å². The minimum Gasteiger partial charge on any atom is -0.390 e. The standard InChI is InChI=1S/C22H17N5O/c28-13-20-17-8-4-5-9-18(17)22(26-25-20)24-15-10-11-21-19(12-15)23-14-27(21)16-6-2-1-3-7-16/h1-12,14,28H,13H2,(H,24,26). The Morgan fingerprint density at radius 3 is 2.46 bits per heavy atom. The molecule has 3 aromatic carbocycles. The van der Waals surface area contributed by atoms with Crippen molar-refractivity contribution in [1.82, 2.24) is 19.7 Å².